The summed E-state index contributed by atoms with van der Waals surface area (Å²) in [5, 5.41) is 4.00. The van der Waals surface area contributed by atoms with E-state index in [2.05, 4.69) is 0 Å². The third kappa shape index (κ3) is 23.2. The molecule has 0 aromatic carbocycles. The molecule has 0 radical (unpaired) electrons. The molecule has 6 heteroatoms. The normalized spacial score (nSPS) is 7.71. The van der Waals surface area contributed by atoms with Crippen molar-refractivity contribution in [3.05, 3.63) is 0 Å². The van der Waals surface area contributed by atoms with E-state index in [4.69, 9.17) is 13.3 Å². The van der Waals surface area contributed by atoms with Gasteiger partial charge in [-0.15, -0.1) is 0 Å². The van der Waals surface area contributed by atoms with Crippen LogP contribution in [0.3, 0.4) is 0 Å². The molecule has 0 amide bonds. The molecule has 0 fully saturated rings. The summed E-state index contributed by atoms with van der Waals surface area (Å²) in [6.45, 7) is 4.00. The van der Waals surface area contributed by atoms with Gasteiger partial charge < -0.3 is 0 Å². The second-order valence-electron chi connectivity index (χ2n) is 1.80. The van der Waals surface area contributed by atoms with E-state index in [0.29, 0.717) is 0 Å². The quantitative estimate of drug-likeness (QED) is 0.742. The first-order chi connectivity index (χ1) is 6.62. The Labute approximate surface area is 103 Å². The molecule has 0 atom stereocenters. The van der Waals surface area contributed by atoms with E-state index in [9.17, 15) is 0 Å². The second kappa shape index (κ2) is 19.8. The summed E-state index contributed by atoms with van der Waals surface area (Å²) in [4.78, 5) is 0. The van der Waals surface area contributed by atoms with Crippen LogP contribution in [0.1, 0.15) is 13.8 Å². The molecular weight excluding hydrogens is 256 g/mol. The summed E-state index contributed by atoms with van der Waals surface area (Å²) in [7, 11) is 6.72. The first-order valence-corrected chi connectivity index (χ1v) is 10.1. The molecule has 0 aliphatic heterocycles. The molecular formula is C8H24O4Ti2. The van der Waals surface area contributed by atoms with Crippen molar-refractivity contribution in [2.45, 2.75) is 24.3 Å². The average molecular weight is 280 g/mol. The van der Waals surface area contributed by atoms with Crippen LogP contribution >= 0.6 is 0 Å². The minimum atomic E-state index is -1.38. The van der Waals surface area contributed by atoms with Crippen LogP contribution in [0.2, 0.25) is 10.5 Å². The predicted octanol–water partition coefficient (Wildman–Crippen LogP) is 2.58. The zero-order chi connectivity index (χ0) is 12.0. The topological polar surface area (TPSA) is 36.9 Å². The van der Waals surface area contributed by atoms with Crippen LogP contribution in [-0.4, -0.2) is 28.4 Å². The summed E-state index contributed by atoms with van der Waals surface area (Å²) in [6, 6.07) is 0. The van der Waals surface area contributed by atoms with Gasteiger partial charge in [-0.2, -0.15) is 0 Å². The molecule has 88 valence electrons. The number of hydrogen-bond acceptors (Lipinski definition) is 4. The van der Waals surface area contributed by atoms with Crippen LogP contribution in [0.5, 0.6) is 0 Å². The van der Waals surface area contributed by atoms with Crippen molar-refractivity contribution >= 4 is 0 Å². The van der Waals surface area contributed by atoms with Crippen molar-refractivity contribution in [3.8, 4) is 0 Å². The standard InChI is InChI=1S/C2H6.4CH3O.2CH3.2Ti/c5*1-2;;;;/h1-2H3;4*1H3;2*1H3;;/q;4*-1;;;2*+2. The molecule has 0 aliphatic carbocycles. The molecule has 0 aromatic heterocycles. The van der Waals surface area contributed by atoms with Gasteiger partial charge in [0.1, 0.15) is 0 Å². The predicted molar refractivity (Wildman–Crippen MR) is 51.1 cm³/mol. The fourth-order valence-corrected chi connectivity index (χ4v) is 0.687. The first kappa shape index (κ1) is 20.7. The molecule has 4 nitrogen and oxygen atoms in total. The third-order valence-corrected chi connectivity index (χ3v) is 4.74. The Morgan fingerprint density at radius 1 is 0.571 bits per heavy atom. The van der Waals surface area contributed by atoms with Gasteiger partial charge >= 0.3 is 89.5 Å². The molecule has 0 bridgehead atoms. The molecule has 0 aliphatic rings. The van der Waals surface area contributed by atoms with Gasteiger partial charge in [-0.25, -0.2) is 0 Å². The van der Waals surface area contributed by atoms with Crippen molar-refractivity contribution < 1.29 is 50.6 Å². The van der Waals surface area contributed by atoms with E-state index in [1.54, 1.807) is 28.4 Å². The van der Waals surface area contributed by atoms with Crippen molar-refractivity contribution in [2.24, 2.45) is 0 Å². The Hall–Kier alpha value is 1.27. The van der Waals surface area contributed by atoms with E-state index in [0.717, 1.165) is 0 Å². The molecule has 0 saturated heterocycles. The van der Waals surface area contributed by atoms with Crippen LogP contribution in [0.25, 0.3) is 0 Å². The van der Waals surface area contributed by atoms with Gasteiger partial charge in [0.25, 0.3) is 0 Å². The summed E-state index contributed by atoms with van der Waals surface area (Å²) < 4.78 is 19.4. The summed E-state index contributed by atoms with van der Waals surface area (Å²) >= 11 is -2.76. The summed E-state index contributed by atoms with van der Waals surface area (Å²) in [6.07, 6.45) is 0. The number of rotatable bonds is 4. The zero-order valence-electron chi connectivity index (χ0n) is 10.6. The van der Waals surface area contributed by atoms with Gasteiger partial charge in [0.05, 0.1) is 0 Å². The molecule has 0 rings (SSSR count). The Bertz CT molecular complexity index is 67.7. The molecule has 0 heterocycles. The Balaban J connectivity index is -0.000000147. The Morgan fingerprint density at radius 3 is 0.714 bits per heavy atom. The van der Waals surface area contributed by atoms with E-state index < -0.39 is 37.3 Å². The van der Waals surface area contributed by atoms with Crippen LogP contribution < -0.4 is 0 Å². The zero-order valence-corrected chi connectivity index (χ0v) is 13.8. The van der Waals surface area contributed by atoms with E-state index in [1.807, 2.05) is 24.3 Å². The van der Waals surface area contributed by atoms with Crippen molar-refractivity contribution in [3.63, 3.8) is 0 Å². The van der Waals surface area contributed by atoms with Gasteiger partial charge in [-0.3, -0.25) is 0 Å². The average Bonchev–Trinajstić information content (AvgIpc) is 2.30. The van der Waals surface area contributed by atoms with Gasteiger partial charge in [-0.05, 0) is 0 Å². The van der Waals surface area contributed by atoms with Gasteiger partial charge in [0, 0.05) is 0 Å². The van der Waals surface area contributed by atoms with Crippen LogP contribution in [0.4, 0.5) is 0 Å². The summed E-state index contributed by atoms with van der Waals surface area (Å²) in [5.74, 6) is 0. The van der Waals surface area contributed by atoms with Gasteiger partial charge in [0.15, 0.2) is 0 Å². The van der Waals surface area contributed by atoms with Crippen LogP contribution in [0, 0.1) is 0 Å². The first-order valence-electron chi connectivity index (χ1n) is 4.45. The fourth-order valence-electron chi connectivity index (χ4n) is 0.167. The van der Waals surface area contributed by atoms with E-state index in [1.165, 1.54) is 0 Å². The molecule has 0 saturated carbocycles. The number of hydrogen-bond donors (Lipinski definition) is 0. The van der Waals surface area contributed by atoms with E-state index in [-0.39, 0.29) is 0 Å². The molecule has 0 N–H and O–H groups in total. The molecule has 0 unspecified atom stereocenters. The van der Waals surface area contributed by atoms with Crippen molar-refractivity contribution in [2.75, 3.05) is 28.4 Å². The van der Waals surface area contributed by atoms with Crippen LogP contribution in [-0.2, 0) is 50.6 Å². The minimum absolute atomic E-state index is 1.38. The van der Waals surface area contributed by atoms with E-state index >= 15 is 0 Å². The Kier molecular flexibility index (Phi) is 29.2. The monoisotopic (exact) mass is 280 g/mol. The third-order valence-electron chi connectivity index (χ3n) is 1.15. The van der Waals surface area contributed by atoms with Gasteiger partial charge in [-0.1, -0.05) is 13.8 Å². The van der Waals surface area contributed by atoms with Crippen LogP contribution in [0.15, 0.2) is 0 Å². The van der Waals surface area contributed by atoms with Gasteiger partial charge in [0.2, 0.25) is 0 Å². The van der Waals surface area contributed by atoms with Crippen molar-refractivity contribution in [1.82, 2.24) is 0 Å². The molecule has 14 heavy (non-hydrogen) atoms. The maximum atomic E-state index is 4.84. The summed E-state index contributed by atoms with van der Waals surface area (Å²) in [5.41, 5.74) is 0. The molecule has 0 spiro atoms. The molecule has 0 aromatic rings. The maximum absolute atomic E-state index is 4.84. The second-order valence-corrected chi connectivity index (χ2v) is 7.42. The SMILES string of the molecule is CC.C[O][Ti]([CH3])[O]C.C[O][Ti]([CH3])[O]C. The Morgan fingerprint density at radius 2 is 0.714 bits per heavy atom. The van der Waals surface area contributed by atoms with Crippen molar-refractivity contribution in [1.29, 1.82) is 0 Å². The fraction of sp³-hybridized carbons (Fsp3) is 1.00.